The molecular formula is C13H12FNO2. The highest BCUT2D eigenvalue weighted by Gasteiger charge is 2.04. The van der Waals surface area contributed by atoms with Crippen molar-refractivity contribution in [1.29, 1.82) is 0 Å². The number of halogens is 1. The van der Waals surface area contributed by atoms with Gasteiger partial charge < -0.3 is 9.47 Å². The second-order valence-electron chi connectivity index (χ2n) is 3.43. The van der Waals surface area contributed by atoms with Crippen molar-refractivity contribution in [2.75, 3.05) is 7.11 Å². The summed E-state index contributed by atoms with van der Waals surface area (Å²) in [5, 5.41) is 0. The van der Waals surface area contributed by atoms with E-state index >= 15 is 0 Å². The molecule has 17 heavy (non-hydrogen) atoms. The Balaban J connectivity index is 2.02. The fraction of sp³-hybridized carbons (Fsp3) is 0.154. The molecule has 0 fully saturated rings. The molecule has 3 nitrogen and oxygen atoms in total. The van der Waals surface area contributed by atoms with E-state index in [1.54, 1.807) is 30.5 Å². The number of pyridine rings is 1. The zero-order valence-corrected chi connectivity index (χ0v) is 9.39. The Labute approximate surface area is 98.8 Å². The molecule has 0 bridgehead atoms. The zero-order chi connectivity index (χ0) is 12.1. The smallest absolute Gasteiger partial charge is 0.213 e. The molecule has 88 valence electrons. The molecule has 0 saturated heterocycles. The normalized spacial score (nSPS) is 10.0. The monoisotopic (exact) mass is 233 g/mol. The Bertz CT molecular complexity index is 488. The van der Waals surface area contributed by atoms with Crippen molar-refractivity contribution >= 4 is 0 Å². The van der Waals surface area contributed by atoms with Crippen LogP contribution in [0.5, 0.6) is 11.6 Å². The maximum Gasteiger partial charge on any atom is 0.213 e. The van der Waals surface area contributed by atoms with Crippen LogP contribution in [-0.4, -0.2) is 12.1 Å². The van der Waals surface area contributed by atoms with Gasteiger partial charge in [0.25, 0.3) is 0 Å². The first-order valence-electron chi connectivity index (χ1n) is 5.16. The Hall–Kier alpha value is -2.10. The summed E-state index contributed by atoms with van der Waals surface area (Å²) in [5.41, 5.74) is 0.731. The van der Waals surface area contributed by atoms with Crippen molar-refractivity contribution < 1.29 is 13.9 Å². The standard InChI is InChI=1S/C13H12FNO2/c1-16-12-6-5-10(8-11(12)14)9-17-13-4-2-3-7-15-13/h2-8H,9H2,1H3. The third kappa shape index (κ3) is 2.93. The third-order valence-electron chi connectivity index (χ3n) is 2.24. The van der Waals surface area contributed by atoms with Crippen LogP contribution < -0.4 is 9.47 Å². The predicted octanol–water partition coefficient (Wildman–Crippen LogP) is 2.81. The molecule has 0 saturated carbocycles. The van der Waals surface area contributed by atoms with Gasteiger partial charge in [0.05, 0.1) is 7.11 Å². The van der Waals surface area contributed by atoms with Crippen molar-refractivity contribution in [3.63, 3.8) is 0 Å². The summed E-state index contributed by atoms with van der Waals surface area (Å²) in [7, 11) is 1.43. The second kappa shape index (κ2) is 5.30. The number of methoxy groups -OCH3 is 1. The largest absolute Gasteiger partial charge is 0.494 e. The minimum Gasteiger partial charge on any atom is -0.494 e. The molecule has 2 rings (SSSR count). The minimum atomic E-state index is -0.394. The lowest BCUT2D eigenvalue weighted by Crippen LogP contribution is -1.98. The van der Waals surface area contributed by atoms with Crippen molar-refractivity contribution in [3.05, 3.63) is 54.0 Å². The molecule has 0 aliphatic carbocycles. The summed E-state index contributed by atoms with van der Waals surface area (Å²) in [5.74, 6) is 0.352. The SMILES string of the molecule is COc1ccc(COc2ccccn2)cc1F. The lowest BCUT2D eigenvalue weighted by molar-refractivity contribution is 0.292. The molecule has 0 aliphatic rings. The van der Waals surface area contributed by atoms with Gasteiger partial charge in [0.1, 0.15) is 6.61 Å². The molecule has 0 N–H and O–H groups in total. The Kier molecular flexibility index (Phi) is 3.55. The van der Waals surface area contributed by atoms with Gasteiger partial charge in [0.15, 0.2) is 11.6 Å². The lowest BCUT2D eigenvalue weighted by Gasteiger charge is -2.06. The second-order valence-corrected chi connectivity index (χ2v) is 3.43. The lowest BCUT2D eigenvalue weighted by atomic mass is 10.2. The molecule has 1 heterocycles. The molecule has 0 unspecified atom stereocenters. The summed E-state index contributed by atoms with van der Waals surface area (Å²) in [4.78, 5) is 4.01. The molecule has 0 aliphatic heterocycles. The number of benzene rings is 1. The highest BCUT2D eigenvalue weighted by atomic mass is 19.1. The van der Waals surface area contributed by atoms with Gasteiger partial charge in [-0.2, -0.15) is 0 Å². The Morgan fingerprint density at radius 3 is 2.76 bits per heavy atom. The molecule has 1 aromatic heterocycles. The maximum absolute atomic E-state index is 13.4. The average Bonchev–Trinajstić information content (AvgIpc) is 2.38. The highest BCUT2D eigenvalue weighted by molar-refractivity contribution is 5.29. The zero-order valence-electron chi connectivity index (χ0n) is 9.39. The minimum absolute atomic E-state index is 0.228. The van der Waals surface area contributed by atoms with E-state index in [2.05, 4.69) is 4.98 Å². The number of ether oxygens (including phenoxy) is 2. The molecular weight excluding hydrogens is 221 g/mol. The fourth-order valence-electron chi connectivity index (χ4n) is 1.39. The van der Waals surface area contributed by atoms with Gasteiger partial charge in [-0.15, -0.1) is 0 Å². The van der Waals surface area contributed by atoms with E-state index in [0.29, 0.717) is 5.88 Å². The maximum atomic E-state index is 13.4. The van der Waals surface area contributed by atoms with E-state index in [4.69, 9.17) is 9.47 Å². The van der Waals surface area contributed by atoms with Gasteiger partial charge in [-0.3, -0.25) is 0 Å². The van der Waals surface area contributed by atoms with E-state index < -0.39 is 5.82 Å². The van der Waals surface area contributed by atoms with Gasteiger partial charge in [0, 0.05) is 12.3 Å². The summed E-state index contributed by atoms with van der Waals surface area (Å²) in [6, 6.07) is 10.1. The molecule has 0 spiro atoms. The number of rotatable bonds is 4. The van der Waals surface area contributed by atoms with E-state index in [9.17, 15) is 4.39 Å². The fourth-order valence-corrected chi connectivity index (χ4v) is 1.39. The van der Waals surface area contributed by atoms with Gasteiger partial charge in [0.2, 0.25) is 5.88 Å². The number of hydrogen-bond donors (Lipinski definition) is 0. The number of nitrogens with zero attached hydrogens (tertiary/aromatic N) is 1. The van der Waals surface area contributed by atoms with Crippen LogP contribution in [0.2, 0.25) is 0 Å². The molecule has 2 aromatic rings. The topological polar surface area (TPSA) is 31.4 Å². The van der Waals surface area contributed by atoms with Crippen molar-refractivity contribution in [3.8, 4) is 11.6 Å². The predicted molar refractivity (Wildman–Crippen MR) is 61.5 cm³/mol. The van der Waals surface area contributed by atoms with Gasteiger partial charge in [-0.25, -0.2) is 9.37 Å². The van der Waals surface area contributed by atoms with E-state index in [1.165, 1.54) is 13.2 Å². The molecule has 0 radical (unpaired) electrons. The van der Waals surface area contributed by atoms with Crippen LogP contribution >= 0.6 is 0 Å². The summed E-state index contributed by atoms with van der Waals surface area (Å²) < 4.78 is 23.6. The van der Waals surface area contributed by atoms with E-state index in [1.807, 2.05) is 6.07 Å². The quantitative estimate of drug-likeness (QED) is 0.813. The molecule has 0 atom stereocenters. The van der Waals surface area contributed by atoms with Gasteiger partial charge in [-0.05, 0) is 23.8 Å². The van der Waals surface area contributed by atoms with Crippen LogP contribution in [0, 0.1) is 5.82 Å². The average molecular weight is 233 g/mol. The summed E-state index contributed by atoms with van der Waals surface area (Å²) in [6.07, 6.45) is 1.64. The van der Waals surface area contributed by atoms with Crippen molar-refractivity contribution in [2.24, 2.45) is 0 Å². The van der Waals surface area contributed by atoms with Crippen molar-refractivity contribution in [1.82, 2.24) is 4.98 Å². The first kappa shape index (κ1) is 11.4. The first-order valence-corrected chi connectivity index (χ1v) is 5.16. The highest BCUT2D eigenvalue weighted by Crippen LogP contribution is 2.18. The summed E-state index contributed by atoms with van der Waals surface area (Å²) in [6.45, 7) is 0.276. The molecule has 4 heteroatoms. The van der Waals surface area contributed by atoms with Crippen LogP contribution in [-0.2, 0) is 6.61 Å². The number of hydrogen-bond acceptors (Lipinski definition) is 3. The van der Waals surface area contributed by atoms with Crippen LogP contribution in [0.3, 0.4) is 0 Å². The van der Waals surface area contributed by atoms with Gasteiger partial charge in [-0.1, -0.05) is 12.1 Å². The van der Waals surface area contributed by atoms with E-state index in [0.717, 1.165) is 5.56 Å². The molecule has 1 aromatic carbocycles. The van der Waals surface area contributed by atoms with Gasteiger partial charge >= 0.3 is 0 Å². The van der Waals surface area contributed by atoms with E-state index in [-0.39, 0.29) is 12.4 Å². The van der Waals surface area contributed by atoms with Crippen molar-refractivity contribution in [2.45, 2.75) is 6.61 Å². The van der Waals surface area contributed by atoms with Crippen LogP contribution in [0.1, 0.15) is 5.56 Å². The van der Waals surface area contributed by atoms with Crippen LogP contribution in [0.25, 0.3) is 0 Å². The third-order valence-corrected chi connectivity index (χ3v) is 2.24. The van der Waals surface area contributed by atoms with Crippen LogP contribution in [0.4, 0.5) is 4.39 Å². The summed E-state index contributed by atoms with van der Waals surface area (Å²) >= 11 is 0. The van der Waals surface area contributed by atoms with Crippen LogP contribution in [0.15, 0.2) is 42.6 Å². The molecule has 0 amide bonds. The Morgan fingerprint density at radius 1 is 1.24 bits per heavy atom. The Morgan fingerprint density at radius 2 is 2.12 bits per heavy atom. The number of aromatic nitrogens is 1. The first-order chi connectivity index (χ1) is 8.29.